The van der Waals surface area contributed by atoms with Gasteiger partial charge in [0.1, 0.15) is 11.4 Å². The molecule has 36 heavy (non-hydrogen) atoms. The number of ether oxygens (including phenoxy) is 1. The van der Waals surface area contributed by atoms with E-state index in [1.54, 1.807) is 6.92 Å². The molecular formula is C26H33N5O5. The summed E-state index contributed by atoms with van der Waals surface area (Å²) in [4.78, 5) is 49.0. The molecule has 0 unspecified atom stereocenters. The van der Waals surface area contributed by atoms with Crippen LogP contribution in [0.5, 0.6) is 0 Å². The normalized spacial score (nSPS) is 23.9. The van der Waals surface area contributed by atoms with Crippen molar-refractivity contribution in [3.8, 4) is 0 Å². The first-order valence-electron chi connectivity index (χ1n) is 12.5. The van der Waals surface area contributed by atoms with Gasteiger partial charge in [0, 0.05) is 44.6 Å². The minimum atomic E-state index is -1.26. The first-order chi connectivity index (χ1) is 17.1. The largest absolute Gasteiger partial charge is 0.386 e. The number of benzene rings is 1. The van der Waals surface area contributed by atoms with Gasteiger partial charge in [-0.25, -0.2) is 9.78 Å². The van der Waals surface area contributed by atoms with Crippen molar-refractivity contribution in [1.82, 2.24) is 24.4 Å². The average Bonchev–Trinajstić information content (AvgIpc) is 3.23. The Morgan fingerprint density at radius 2 is 1.97 bits per heavy atom. The molecular weight excluding hydrogens is 462 g/mol. The Bertz CT molecular complexity index is 1410. The highest BCUT2D eigenvalue weighted by atomic mass is 16.5. The number of H-pyrrole nitrogens is 2. The van der Waals surface area contributed by atoms with E-state index in [0.717, 1.165) is 22.4 Å². The van der Waals surface area contributed by atoms with Crippen LogP contribution in [0.3, 0.4) is 0 Å². The number of piperidine rings is 1. The van der Waals surface area contributed by atoms with Crippen molar-refractivity contribution in [2.45, 2.75) is 70.1 Å². The van der Waals surface area contributed by atoms with Crippen molar-refractivity contribution >= 4 is 16.9 Å². The summed E-state index contributed by atoms with van der Waals surface area (Å²) in [6, 6.07) is 4.91. The summed E-state index contributed by atoms with van der Waals surface area (Å²) >= 11 is 0. The Labute approximate surface area is 208 Å². The van der Waals surface area contributed by atoms with Crippen LogP contribution in [0, 0.1) is 13.8 Å². The van der Waals surface area contributed by atoms with Crippen LogP contribution in [0.15, 0.2) is 34.0 Å². The van der Waals surface area contributed by atoms with Gasteiger partial charge in [-0.2, -0.15) is 0 Å². The third-order valence-electron chi connectivity index (χ3n) is 7.71. The summed E-state index contributed by atoms with van der Waals surface area (Å²) in [6.45, 7) is 6.90. The van der Waals surface area contributed by atoms with Crippen LogP contribution in [0.1, 0.15) is 55.6 Å². The van der Waals surface area contributed by atoms with E-state index in [-0.39, 0.29) is 12.5 Å². The van der Waals surface area contributed by atoms with Gasteiger partial charge < -0.3 is 19.7 Å². The summed E-state index contributed by atoms with van der Waals surface area (Å²) in [7, 11) is 0. The van der Waals surface area contributed by atoms with E-state index < -0.39 is 28.5 Å². The van der Waals surface area contributed by atoms with E-state index in [1.165, 1.54) is 22.4 Å². The number of imidazole rings is 1. The molecule has 4 heterocycles. The molecule has 10 nitrogen and oxygen atoms in total. The molecule has 2 aliphatic heterocycles. The first-order valence-corrected chi connectivity index (χ1v) is 12.5. The van der Waals surface area contributed by atoms with Gasteiger partial charge in [0.15, 0.2) is 0 Å². The quantitative estimate of drug-likeness (QED) is 0.505. The molecule has 2 fully saturated rings. The molecule has 3 aromatic rings. The topological polar surface area (TPSA) is 133 Å². The number of aromatic amines is 2. The van der Waals surface area contributed by atoms with Crippen LogP contribution in [-0.2, 0) is 16.0 Å². The number of aromatic nitrogens is 4. The average molecular weight is 496 g/mol. The van der Waals surface area contributed by atoms with Gasteiger partial charge in [-0.15, -0.1) is 0 Å². The maximum Gasteiger partial charge on any atom is 0.328 e. The highest BCUT2D eigenvalue weighted by Gasteiger charge is 2.49. The van der Waals surface area contributed by atoms with Crippen LogP contribution in [0.2, 0.25) is 0 Å². The molecule has 0 radical (unpaired) electrons. The highest BCUT2D eigenvalue weighted by Crippen LogP contribution is 2.43. The standard InChI is InChI=1S/C26H33N5O5/c1-16-12-17(2)23-18(13-16)27-20(28-23)4-5-22(33)30-10-7-26(8-11-30)14-19(25(3,35)15-36-26)31-9-6-21(32)29-24(31)34/h6,9,12-13,19,35H,4-5,7-8,10-11,14-15H2,1-3H3,(H,27,28)(H,29,32,34)/t19-,25-/m0/s1. The van der Waals surface area contributed by atoms with E-state index in [9.17, 15) is 19.5 Å². The maximum atomic E-state index is 13.0. The lowest BCUT2D eigenvalue weighted by Gasteiger charge is -2.51. The molecule has 0 aliphatic carbocycles. The molecule has 1 spiro atoms. The Balaban J connectivity index is 1.22. The van der Waals surface area contributed by atoms with Gasteiger partial charge in [0.2, 0.25) is 5.91 Å². The van der Waals surface area contributed by atoms with Gasteiger partial charge >= 0.3 is 5.69 Å². The molecule has 2 saturated heterocycles. The van der Waals surface area contributed by atoms with E-state index in [2.05, 4.69) is 34.0 Å². The monoisotopic (exact) mass is 495 g/mol. The van der Waals surface area contributed by atoms with Gasteiger partial charge in [-0.05, 0) is 50.8 Å². The van der Waals surface area contributed by atoms with Crippen molar-refractivity contribution in [2.24, 2.45) is 0 Å². The fourth-order valence-corrected chi connectivity index (χ4v) is 5.63. The fraction of sp³-hybridized carbons (Fsp3) is 0.538. The molecule has 192 valence electrons. The van der Waals surface area contributed by atoms with Gasteiger partial charge in [0.05, 0.1) is 29.3 Å². The second-order valence-corrected chi connectivity index (χ2v) is 10.6. The van der Waals surface area contributed by atoms with Crippen LogP contribution in [0.4, 0.5) is 0 Å². The lowest BCUT2D eigenvalue weighted by atomic mass is 9.77. The van der Waals surface area contributed by atoms with E-state index in [0.29, 0.717) is 45.2 Å². The Morgan fingerprint density at radius 3 is 2.69 bits per heavy atom. The second kappa shape index (κ2) is 9.01. The third kappa shape index (κ3) is 4.62. The van der Waals surface area contributed by atoms with Crippen LogP contribution in [0.25, 0.3) is 11.0 Å². The SMILES string of the molecule is Cc1cc(C)c2nc(CCC(=O)N3CCC4(CC3)C[C@H](n3ccc(=O)[nH]c3=O)[C@@](C)(O)CO4)[nH]c2c1. The van der Waals surface area contributed by atoms with Gasteiger partial charge in [-0.3, -0.25) is 19.1 Å². The zero-order valence-electron chi connectivity index (χ0n) is 21.0. The molecule has 5 rings (SSSR count). The number of aliphatic hydroxyl groups is 1. The predicted molar refractivity (Wildman–Crippen MR) is 134 cm³/mol. The number of carbonyl (C=O) groups is 1. The van der Waals surface area contributed by atoms with Crippen molar-refractivity contribution in [3.05, 3.63) is 62.2 Å². The number of nitrogens with one attached hydrogen (secondary N) is 2. The van der Waals surface area contributed by atoms with Crippen molar-refractivity contribution in [2.75, 3.05) is 19.7 Å². The summed E-state index contributed by atoms with van der Waals surface area (Å²) in [5.41, 5.74) is 1.42. The van der Waals surface area contributed by atoms with Gasteiger partial charge in [0.25, 0.3) is 5.56 Å². The van der Waals surface area contributed by atoms with Crippen LogP contribution >= 0.6 is 0 Å². The molecule has 10 heteroatoms. The maximum absolute atomic E-state index is 13.0. The summed E-state index contributed by atoms with van der Waals surface area (Å²) < 4.78 is 7.55. The Morgan fingerprint density at radius 1 is 1.22 bits per heavy atom. The van der Waals surface area contributed by atoms with Crippen molar-refractivity contribution in [3.63, 3.8) is 0 Å². The number of rotatable bonds is 4. The lowest BCUT2D eigenvalue weighted by Crippen LogP contribution is -2.58. The smallest absolute Gasteiger partial charge is 0.328 e. The number of carbonyl (C=O) groups excluding carboxylic acids is 1. The van der Waals surface area contributed by atoms with Crippen molar-refractivity contribution < 1.29 is 14.6 Å². The van der Waals surface area contributed by atoms with Crippen molar-refractivity contribution in [1.29, 1.82) is 0 Å². The zero-order valence-corrected chi connectivity index (χ0v) is 21.0. The van der Waals surface area contributed by atoms with Crippen LogP contribution < -0.4 is 11.2 Å². The number of likely N-dealkylation sites (tertiary alicyclic amines) is 1. The molecule has 2 atom stereocenters. The Kier molecular flexibility index (Phi) is 6.12. The van der Waals surface area contributed by atoms with E-state index >= 15 is 0 Å². The zero-order chi connectivity index (χ0) is 25.7. The fourth-order valence-electron chi connectivity index (χ4n) is 5.63. The number of hydrogen-bond donors (Lipinski definition) is 3. The highest BCUT2D eigenvalue weighted by molar-refractivity contribution is 5.80. The van der Waals surface area contributed by atoms with E-state index in [1.807, 2.05) is 11.8 Å². The number of nitrogens with zero attached hydrogens (tertiary/aromatic N) is 3. The van der Waals surface area contributed by atoms with Crippen LogP contribution in [-0.4, -0.2) is 66.3 Å². The molecule has 1 aromatic carbocycles. The molecule has 0 saturated carbocycles. The molecule has 2 aromatic heterocycles. The first kappa shape index (κ1) is 24.5. The Hall–Kier alpha value is -3.24. The molecule has 3 N–H and O–H groups in total. The number of fused-ring (bicyclic) bond motifs is 1. The molecule has 0 bridgehead atoms. The lowest BCUT2D eigenvalue weighted by molar-refractivity contribution is -0.202. The number of aryl methyl sites for hydroxylation is 3. The summed E-state index contributed by atoms with van der Waals surface area (Å²) in [6.07, 6.45) is 4.00. The summed E-state index contributed by atoms with van der Waals surface area (Å²) in [5.74, 6) is 0.891. The molecule has 2 aliphatic rings. The second-order valence-electron chi connectivity index (χ2n) is 10.6. The minimum Gasteiger partial charge on any atom is -0.386 e. The van der Waals surface area contributed by atoms with E-state index in [4.69, 9.17) is 4.74 Å². The predicted octanol–water partition coefficient (Wildman–Crippen LogP) is 1.74. The number of hydrogen-bond acceptors (Lipinski definition) is 6. The minimum absolute atomic E-state index is 0.0716. The third-order valence-corrected chi connectivity index (χ3v) is 7.71. The number of amides is 1. The molecule has 1 amide bonds. The van der Waals surface area contributed by atoms with Gasteiger partial charge in [-0.1, -0.05) is 6.07 Å². The summed E-state index contributed by atoms with van der Waals surface area (Å²) in [5, 5.41) is 10.9.